The van der Waals surface area contributed by atoms with E-state index in [0.717, 1.165) is 16.9 Å². The summed E-state index contributed by atoms with van der Waals surface area (Å²) in [6, 6.07) is 12.8. The second-order valence-corrected chi connectivity index (χ2v) is 8.18. The van der Waals surface area contributed by atoms with Crippen LogP contribution in [0.3, 0.4) is 0 Å². The van der Waals surface area contributed by atoms with Crippen molar-refractivity contribution >= 4 is 38.6 Å². The van der Waals surface area contributed by atoms with Crippen molar-refractivity contribution < 1.29 is 13.5 Å². The summed E-state index contributed by atoms with van der Waals surface area (Å²) in [5, 5.41) is 17.9. The van der Waals surface area contributed by atoms with Crippen LogP contribution in [-0.4, -0.2) is 19.3 Å². The van der Waals surface area contributed by atoms with Crippen molar-refractivity contribution in [1.82, 2.24) is 10.4 Å². The Bertz CT molecular complexity index is 1060. The second-order valence-electron chi connectivity index (χ2n) is 5.33. The molecule has 0 bridgehead atoms. The summed E-state index contributed by atoms with van der Waals surface area (Å²) in [5.74, 6) is -0.630. The van der Waals surface area contributed by atoms with Crippen LogP contribution in [0.15, 0.2) is 82.2 Å². The SMILES string of the molecule is C=C(NN=C([O-])c1ccccc1NS(=O)(=O)c1cccs1)c1ccncc1. The number of nitrogens with zero attached hydrogens (tertiary/aromatic N) is 2. The molecule has 0 fully saturated rings. The smallest absolute Gasteiger partial charge is 0.271 e. The molecular weight excluding hydrogens is 384 g/mol. The molecule has 0 aliphatic heterocycles. The summed E-state index contributed by atoms with van der Waals surface area (Å²) >= 11 is 1.09. The third-order valence-electron chi connectivity index (χ3n) is 3.48. The standard InChI is InChI=1S/C18H16N4O3S2/c1-13(14-8-10-19-11-9-14)20-21-18(23)15-5-2-3-6-16(15)22-27(24,25)17-7-4-12-26-17/h2-12,20,22H,1H2,(H,21,23)/p-1. The molecule has 0 saturated heterocycles. The van der Waals surface area contributed by atoms with Gasteiger partial charge in [0, 0.05) is 29.4 Å². The van der Waals surface area contributed by atoms with Crippen molar-refractivity contribution in [3.8, 4) is 0 Å². The molecule has 27 heavy (non-hydrogen) atoms. The Hall–Kier alpha value is -3.17. The highest BCUT2D eigenvalue weighted by molar-refractivity contribution is 7.94. The molecule has 3 rings (SSSR count). The molecule has 138 valence electrons. The highest BCUT2D eigenvalue weighted by atomic mass is 32.2. The van der Waals surface area contributed by atoms with Gasteiger partial charge >= 0.3 is 0 Å². The first-order chi connectivity index (χ1) is 13.0. The number of anilines is 1. The van der Waals surface area contributed by atoms with Crippen LogP contribution in [0.4, 0.5) is 5.69 Å². The zero-order valence-corrected chi connectivity index (χ0v) is 15.6. The Kier molecular flexibility index (Phi) is 5.53. The minimum Gasteiger partial charge on any atom is -0.857 e. The van der Waals surface area contributed by atoms with Crippen LogP contribution in [0, 0.1) is 0 Å². The van der Waals surface area contributed by atoms with Crippen LogP contribution in [0.5, 0.6) is 0 Å². The topological polar surface area (TPSA) is 107 Å². The van der Waals surface area contributed by atoms with E-state index < -0.39 is 15.9 Å². The van der Waals surface area contributed by atoms with Crippen LogP contribution in [-0.2, 0) is 10.0 Å². The van der Waals surface area contributed by atoms with Crippen LogP contribution in [0.2, 0.25) is 0 Å². The summed E-state index contributed by atoms with van der Waals surface area (Å²) in [5.41, 5.74) is 4.01. The number of thiophene rings is 1. The lowest BCUT2D eigenvalue weighted by Crippen LogP contribution is -2.25. The number of hydrogen-bond donors (Lipinski definition) is 2. The maximum atomic E-state index is 12.5. The predicted molar refractivity (Wildman–Crippen MR) is 105 cm³/mol. The average molecular weight is 399 g/mol. The lowest BCUT2D eigenvalue weighted by Gasteiger charge is -2.17. The summed E-state index contributed by atoms with van der Waals surface area (Å²) in [4.78, 5) is 3.91. The molecular formula is C18H15N4O3S2-. The normalized spacial score (nSPS) is 11.8. The van der Waals surface area contributed by atoms with E-state index in [1.165, 1.54) is 18.2 Å². The monoisotopic (exact) mass is 399 g/mol. The van der Waals surface area contributed by atoms with Crippen LogP contribution in [0.25, 0.3) is 5.70 Å². The van der Waals surface area contributed by atoms with Gasteiger partial charge in [-0.2, -0.15) is 5.10 Å². The minimum absolute atomic E-state index is 0.118. The third kappa shape index (κ3) is 4.52. The molecule has 0 amide bonds. The Balaban J connectivity index is 1.82. The van der Waals surface area contributed by atoms with Crippen molar-refractivity contribution in [2.45, 2.75) is 4.21 Å². The number of para-hydroxylation sites is 1. The number of rotatable bonds is 7. The fraction of sp³-hybridized carbons (Fsp3) is 0. The largest absolute Gasteiger partial charge is 0.857 e. The lowest BCUT2D eigenvalue weighted by molar-refractivity contribution is -0.213. The Labute approximate surface area is 160 Å². The second kappa shape index (κ2) is 8.02. The molecule has 2 N–H and O–H groups in total. The molecule has 2 heterocycles. The van der Waals surface area contributed by atoms with Gasteiger partial charge in [-0.25, -0.2) is 8.42 Å². The molecule has 0 aliphatic rings. The Morgan fingerprint density at radius 2 is 1.85 bits per heavy atom. The zero-order valence-electron chi connectivity index (χ0n) is 14.0. The van der Waals surface area contributed by atoms with Crippen molar-refractivity contribution in [1.29, 1.82) is 0 Å². The van der Waals surface area contributed by atoms with Gasteiger partial charge in [-0.1, -0.05) is 30.8 Å². The minimum atomic E-state index is -3.77. The fourth-order valence-corrected chi connectivity index (χ4v) is 4.24. The van der Waals surface area contributed by atoms with Gasteiger partial charge in [0.05, 0.1) is 11.4 Å². The molecule has 0 atom stereocenters. The van der Waals surface area contributed by atoms with E-state index in [9.17, 15) is 13.5 Å². The first kappa shape index (κ1) is 18.6. The third-order valence-corrected chi connectivity index (χ3v) is 6.25. The zero-order chi connectivity index (χ0) is 19.3. The molecule has 7 nitrogen and oxygen atoms in total. The quantitative estimate of drug-likeness (QED) is 0.360. The Morgan fingerprint density at radius 3 is 2.56 bits per heavy atom. The molecule has 0 aliphatic carbocycles. The van der Waals surface area contributed by atoms with Gasteiger partial charge in [0.15, 0.2) is 0 Å². The lowest BCUT2D eigenvalue weighted by atomic mass is 10.2. The van der Waals surface area contributed by atoms with E-state index in [1.54, 1.807) is 48.1 Å². The number of aromatic nitrogens is 1. The number of hydrazone groups is 1. The first-order valence-corrected chi connectivity index (χ1v) is 10.1. The summed E-state index contributed by atoms with van der Waals surface area (Å²) < 4.78 is 27.4. The summed E-state index contributed by atoms with van der Waals surface area (Å²) in [6.45, 7) is 3.81. The fourth-order valence-electron chi connectivity index (χ4n) is 2.17. The number of sulfonamides is 1. The molecule has 9 heteroatoms. The van der Waals surface area contributed by atoms with Crippen molar-refractivity contribution in [3.63, 3.8) is 0 Å². The molecule has 0 radical (unpaired) electrons. The summed E-state index contributed by atoms with van der Waals surface area (Å²) in [7, 11) is -3.77. The van der Waals surface area contributed by atoms with Crippen molar-refractivity contribution in [2.75, 3.05) is 4.72 Å². The van der Waals surface area contributed by atoms with Crippen molar-refractivity contribution in [2.24, 2.45) is 5.10 Å². The van der Waals surface area contributed by atoms with Gasteiger partial charge in [0.2, 0.25) is 0 Å². The molecule has 3 aromatic rings. The van der Waals surface area contributed by atoms with Crippen LogP contribution >= 0.6 is 11.3 Å². The van der Waals surface area contributed by atoms with Crippen LogP contribution < -0.4 is 15.3 Å². The number of pyridine rings is 1. The van der Waals surface area contributed by atoms with Gasteiger partial charge in [0.25, 0.3) is 10.0 Å². The van der Waals surface area contributed by atoms with E-state index in [1.807, 2.05) is 0 Å². The highest BCUT2D eigenvalue weighted by Gasteiger charge is 2.16. The van der Waals surface area contributed by atoms with Gasteiger partial charge in [-0.15, -0.1) is 11.3 Å². The predicted octanol–water partition coefficient (Wildman–Crippen LogP) is 2.23. The van der Waals surface area contributed by atoms with Crippen LogP contribution in [0.1, 0.15) is 11.1 Å². The maximum Gasteiger partial charge on any atom is 0.271 e. The Morgan fingerprint density at radius 1 is 1.11 bits per heavy atom. The molecule has 0 unspecified atom stereocenters. The van der Waals surface area contributed by atoms with Gasteiger partial charge in [0.1, 0.15) is 4.21 Å². The highest BCUT2D eigenvalue weighted by Crippen LogP contribution is 2.22. The van der Waals surface area contributed by atoms with E-state index >= 15 is 0 Å². The van der Waals surface area contributed by atoms with Gasteiger partial charge < -0.3 is 5.11 Å². The average Bonchev–Trinajstić information content (AvgIpc) is 3.22. The molecule has 2 aromatic heterocycles. The van der Waals surface area contributed by atoms with E-state index in [2.05, 4.69) is 26.8 Å². The summed E-state index contributed by atoms with van der Waals surface area (Å²) in [6.07, 6.45) is 3.19. The molecule has 1 aromatic carbocycles. The first-order valence-electron chi connectivity index (χ1n) is 7.73. The number of hydrogen-bond acceptors (Lipinski definition) is 7. The molecule has 0 spiro atoms. The molecule has 0 saturated carbocycles. The van der Waals surface area contributed by atoms with E-state index in [4.69, 9.17) is 0 Å². The maximum absolute atomic E-state index is 12.5. The van der Waals surface area contributed by atoms with Crippen molar-refractivity contribution in [3.05, 3.63) is 84.0 Å². The van der Waals surface area contributed by atoms with E-state index in [-0.39, 0.29) is 15.5 Å². The number of benzene rings is 1. The van der Waals surface area contributed by atoms with Gasteiger partial charge in [-0.05, 0) is 29.6 Å². The number of nitrogens with one attached hydrogen (secondary N) is 2. The van der Waals surface area contributed by atoms with Gasteiger partial charge in [-0.3, -0.25) is 15.1 Å². The van der Waals surface area contributed by atoms with E-state index in [0.29, 0.717) is 5.70 Å².